The molecule has 2 atom stereocenters. The fourth-order valence-corrected chi connectivity index (χ4v) is 3.99. The van der Waals surface area contributed by atoms with Crippen molar-refractivity contribution in [1.82, 2.24) is 0 Å². The van der Waals surface area contributed by atoms with Gasteiger partial charge in [-0.1, -0.05) is 24.3 Å². The summed E-state index contributed by atoms with van der Waals surface area (Å²) >= 11 is 1.60. The number of anilines is 3. The standard InChI is InChI=1S/C29H33N3O6S/c1-3-36-26(16-17-27(34)32-25-7-5-4-6-24(25)30)28(20-8-12-22(13-9-20)37-19-18-33)38-29(35)31-21-10-14-23(39-2)15-11-21/h4-17,26,28,33H,3,18-19,30H2,1-2H3,(H,31,35)(H,32,34)/b17-16+/t26-,28-/m0/s1. The summed E-state index contributed by atoms with van der Waals surface area (Å²) in [5.41, 5.74) is 8.04. The molecule has 2 amide bonds. The molecule has 0 unspecified atom stereocenters. The van der Waals surface area contributed by atoms with Crippen LogP contribution in [0.4, 0.5) is 21.9 Å². The molecule has 0 bridgehead atoms. The van der Waals surface area contributed by atoms with Crippen LogP contribution in [0, 0.1) is 0 Å². The first-order chi connectivity index (χ1) is 18.9. The van der Waals surface area contributed by atoms with Crippen molar-refractivity contribution in [3.8, 4) is 5.75 Å². The number of hydrogen-bond donors (Lipinski definition) is 4. The Balaban J connectivity index is 1.82. The molecule has 39 heavy (non-hydrogen) atoms. The molecular formula is C29H33N3O6S. The van der Waals surface area contributed by atoms with Crippen LogP contribution >= 0.6 is 11.8 Å². The number of hydrogen-bond acceptors (Lipinski definition) is 8. The van der Waals surface area contributed by atoms with Gasteiger partial charge >= 0.3 is 6.09 Å². The molecule has 9 nitrogen and oxygen atoms in total. The second-order valence-electron chi connectivity index (χ2n) is 8.18. The van der Waals surface area contributed by atoms with Crippen LogP contribution in [0.15, 0.2) is 89.8 Å². The van der Waals surface area contributed by atoms with E-state index in [0.717, 1.165) is 4.90 Å². The molecule has 0 saturated carbocycles. The highest BCUT2D eigenvalue weighted by Gasteiger charge is 2.26. The summed E-state index contributed by atoms with van der Waals surface area (Å²) in [5, 5.41) is 14.5. The van der Waals surface area contributed by atoms with Gasteiger partial charge in [-0.2, -0.15) is 0 Å². The minimum absolute atomic E-state index is 0.112. The highest BCUT2D eigenvalue weighted by molar-refractivity contribution is 7.98. The third-order valence-electron chi connectivity index (χ3n) is 5.45. The topological polar surface area (TPSA) is 132 Å². The van der Waals surface area contributed by atoms with E-state index in [4.69, 9.17) is 25.1 Å². The Morgan fingerprint density at radius 1 is 1.03 bits per heavy atom. The second-order valence-corrected chi connectivity index (χ2v) is 9.06. The van der Waals surface area contributed by atoms with Crippen LogP contribution in [0.25, 0.3) is 0 Å². The fraction of sp³-hybridized carbons (Fsp3) is 0.241. The van der Waals surface area contributed by atoms with Gasteiger partial charge in [0.2, 0.25) is 5.91 Å². The van der Waals surface area contributed by atoms with Crippen molar-refractivity contribution in [2.24, 2.45) is 0 Å². The maximum Gasteiger partial charge on any atom is 0.412 e. The van der Waals surface area contributed by atoms with E-state index in [0.29, 0.717) is 35.0 Å². The molecule has 0 radical (unpaired) electrons. The SMILES string of the molecule is CCO[C@@H](/C=C/C(=O)Nc1ccccc1N)[C@@H](OC(=O)Nc1ccc(SC)cc1)c1ccc(OCCO)cc1. The van der Waals surface area contributed by atoms with Crippen molar-refractivity contribution in [3.63, 3.8) is 0 Å². The van der Waals surface area contributed by atoms with Gasteiger partial charge in [0, 0.05) is 23.3 Å². The molecule has 5 N–H and O–H groups in total. The number of thioether (sulfide) groups is 1. The smallest absolute Gasteiger partial charge is 0.412 e. The molecule has 3 aromatic rings. The number of nitrogens with two attached hydrogens (primary N) is 1. The normalized spacial score (nSPS) is 12.5. The lowest BCUT2D eigenvalue weighted by atomic mass is 10.0. The number of nitrogen functional groups attached to an aromatic ring is 1. The van der Waals surface area contributed by atoms with Gasteiger partial charge in [-0.25, -0.2) is 4.79 Å². The lowest BCUT2D eigenvalue weighted by molar-refractivity contribution is -0.112. The monoisotopic (exact) mass is 551 g/mol. The number of ether oxygens (including phenoxy) is 3. The molecule has 0 fully saturated rings. The van der Waals surface area contributed by atoms with Crippen LogP contribution < -0.4 is 21.1 Å². The molecule has 0 aromatic heterocycles. The molecule has 10 heteroatoms. The Morgan fingerprint density at radius 3 is 2.38 bits per heavy atom. The summed E-state index contributed by atoms with van der Waals surface area (Å²) in [7, 11) is 0. The minimum atomic E-state index is -0.895. The Hall–Kier alpha value is -3.99. The summed E-state index contributed by atoms with van der Waals surface area (Å²) in [4.78, 5) is 26.6. The van der Waals surface area contributed by atoms with E-state index in [1.165, 1.54) is 6.08 Å². The second kappa shape index (κ2) is 15.4. The van der Waals surface area contributed by atoms with Gasteiger partial charge in [0.05, 0.1) is 18.0 Å². The number of para-hydroxylation sites is 2. The van der Waals surface area contributed by atoms with Gasteiger partial charge in [0.25, 0.3) is 0 Å². The number of carbonyl (C=O) groups excluding carboxylic acids is 2. The Labute approximate surface area is 232 Å². The largest absolute Gasteiger partial charge is 0.491 e. The first-order valence-corrected chi connectivity index (χ1v) is 13.6. The molecule has 0 spiro atoms. The Bertz CT molecular complexity index is 1230. The van der Waals surface area contributed by atoms with E-state index in [1.54, 1.807) is 78.5 Å². The van der Waals surface area contributed by atoms with Crippen molar-refractivity contribution in [2.75, 3.05) is 42.4 Å². The Morgan fingerprint density at radius 2 is 1.74 bits per heavy atom. The van der Waals surface area contributed by atoms with Crippen molar-refractivity contribution in [3.05, 3.63) is 90.5 Å². The van der Waals surface area contributed by atoms with Crippen LogP contribution in [-0.2, 0) is 14.3 Å². The minimum Gasteiger partial charge on any atom is -0.491 e. The molecule has 0 aliphatic heterocycles. The third-order valence-corrected chi connectivity index (χ3v) is 6.20. The lowest BCUT2D eigenvalue weighted by Crippen LogP contribution is -2.28. The Kier molecular flexibility index (Phi) is 11.7. The lowest BCUT2D eigenvalue weighted by Gasteiger charge is -2.25. The van der Waals surface area contributed by atoms with Crippen LogP contribution in [0.1, 0.15) is 18.6 Å². The zero-order valence-corrected chi connectivity index (χ0v) is 22.6. The highest BCUT2D eigenvalue weighted by atomic mass is 32.2. The van der Waals surface area contributed by atoms with E-state index in [9.17, 15) is 9.59 Å². The summed E-state index contributed by atoms with van der Waals surface area (Å²) in [5.74, 6) is 0.135. The third kappa shape index (κ3) is 9.36. The van der Waals surface area contributed by atoms with E-state index in [2.05, 4.69) is 10.6 Å². The van der Waals surface area contributed by atoms with Crippen molar-refractivity contribution in [1.29, 1.82) is 0 Å². The molecule has 0 heterocycles. The maximum atomic E-state index is 12.9. The first kappa shape index (κ1) is 29.6. The van der Waals surface area contributed by atoms with Crippen LogP contribution in [0.3, 0.4) is 0 Å². The summed E-state index contributed by atoms with van der Waals surface area (Å²) in [6.07, 6.45) is 2.46. The van der Waals surface area contributed by atoms with E-state index >= 15 is 0 Å². The number of carbonyl (C=O) groups is 2. The molecule has 0 saturated heterocycles. The van der Waals surface area contributed by atoms with E-state index in [1.807, 2.05) is 25.3 Å². The van der Waals surface area contributed by atoms with Crippen molar-refractivity contribution in [2.45, 2.75) is 24.0 Å². The van der Waals surface area contributed by atoms with Crippen molar-refractivity contribution >= 4 is 40.8 Å². The predicted octanol–water partition coefficient (Wildman–Crippen LogP) is 5.25. The average Bonchev–Trinajstić information content (AvgIpc) is 2.95. The molecule has 0 aliphatic carbocycles. The summed E-state index contributed by atoms with van der Waals surface area (Å²) < 4.78 is 17.2. The quantitative estimate of drug-likeness (QED) is 0.129. The number of rotatable bonds is 13. The summed E-state index contributed by atoms with van der Waals surface area (Å²) in [6, 6.07) is 21.2. The van der Waals surface area contributed by atoms with Gasteiger partial charge in [-0.3, -0.25) is 10.1 Å². The van der Waals surface area contributed by atoms with E-state index in [-0.39, 0.29) is 13.2 Å². The maximum absolute atomic E-state index is 12.9. The molecule has 3 aromatic carbocycles. The number of amides is 2. The van der Waals surface area contributed by atoms with Gasteiger partial charge in [0.15, 0.2) is 6.10 Å². The highest BCUT2D eigenvalue weighted by Crippen LogP contribution is 2.28. The molecular weight excluding hydrogens is 518 g/mol. The van der Waals surface area contributed by atoms with Gasteiger partial charge in [-0.15, -0.1) is 11.8 Å². The molecule has 0 aliphatic rings. The number of benzene rings is 3. The van der Waals surface area contributed by atoms with Gasteiger partial charge in [0.1, 0.15) is 18.5 Å². The number of nitrogens with one attached hydrogen (secondary N) is 2. The van der Waals surface area contributed by atoms with Crippen molar-refractivity contribution < 1.29 is 28.9 Å². The van der Waals surface area contributed by atoms with Crippen LogP contribution in [0.2, 0.25) is 0 Å². The zero-order chi connectivity index (χ0) is 28.0. The van der Waals surface area contributed by atoms with E-state index < -0.39 is 24.2 Å². The summed E-state index contributed by atoms with van der Waals surface area (Å²) in [6.45, 7) is 2.15. The van der Waals surface area contributed by atoms with Gasteiger partial charge in [-0.05, 0) is 73.3 Å². The van der Waals surface area contributed by atoms with Crippen LogP contribution in [-0.4, -0.2) is 49.3 Å². The number of aliphatic hydroxyl groups is 1. The van der Waals surface area contributed by atoms with Crippen LogP contribution in [0.5, 0.6) is 5.75 Å². The van der Waals surface area contributed by atoms with Gasteiger partial charge < -0.3 is 30.4 Å². The average molecular weight is 552 g/mol. The molecule has 3 rings (SSSR count). The zero-order valence-electron chi connectivity index (χ0n) is 21.8. The predicted molar refractivity (Wildman–Crippen MR) is 154 cm³/mol. The number of aliphatic hydroxyl groups excluding tert-OH is 1. The molecule has 206 valence electrons. The first-order valence-electron chi connectivity index (χ1n) is 12.3. The fourth-order valence-electron chi connectivity index (χ4n) is 3.58.